The Morgan fingerprint density at radius 2 is 2.00 bits per heavy atom. The minimum absolute atomic E-state index is 0.00122. The average Bonchev–Trinajstić information content (AvgIpc) is 2.95. The van der Waals surface area contributed by atoms with Crippen LogP contribution in [0.2, 0.25) is 0 Å². The van der Waals surface area contributed by atoms with Crippen molar-refractivity contribution >= 4 is 16.9 Å². The maximum absolute atomic E-state index is 13.0. The van der Waals surface area contributed by atoms with Gasteiger partial charge in [-0.1, -0.05) is 17.7 Å². The van der Waals surface area contributed by atoms with Gasteiger partial charge in [-0.25, -0.2) is 0 Å². The van der Waals surface area contributed by atoms with Crippen molar-refractivity contribution in [2.45, 2.75) is 19.9 Å². The number of ether oxygens (including phenoxy) is 1. The normalized spacial score (nSPS) is 15.8. The number of nitrogens with one attached hydrogen (secondary N) is 1. The number of fused-ring (bicyclic) bond motifs is 2. The molecule has 0 spiro atoms. The summed E-state index contributed by atoms with van der Waals surface area (Å²) in [5.74, 6) is -0.104. The van der Waals surface area contributed by atoms with Crippen LogP contribution in [0.5, 0.6) is 11.5 Å². The molecule has 0 saturated heterocycles. The quantitative estimate of drug-likeness (QED) is 0.757. The lowest BCUT2D eigenvalue weighted by Gasteiger charge is -2.14. The van der Waals surface area contributed by atoms with Crippen molar-refractivity contribution in [2.24, 2.45) is 0 Å². The lowest BCUT2D eigenvalue weighted by atomic mass is 9.98. The molecule has 1 aliphatic rings. The smallest absolute Gasteiger partial charge is 0.288 e. The van der Waals surface area contributed by atoms with Crippen molar-refractivity contribution in [1.82, 2.24) is 5.32 Å². The van der Waals surface area contributed by atoms with E-state index < -0.39 is 11.9 Å². The third-order valence-corrected chi connectivity index (χ3v) is 4.47. The molecule has 3 aromatic rings. The minimum atomic E-state index is -0.654. The first-order chi connectivity index (χ1) is 12.5. The molecule has 0 saturated carbocycles. The Balaban J connectivity index is 1.92. The van der Waals surface area contributed by atoms with Crippen molar-refractivity contribution < 1.29 is 19.1 Å². The summed E-state index contributed by atoms with van der Waals surface area (Å²) in [7, 11) is 0. The van der Waals surface area contributed by atoms with Gasteiger partial charge in [0.05, 0.1) is 23.6 Å². The molecule has 132 valence electrons. The van der Waals surface area contributed by atoms with Gasteiger partial charge in [0.15, 0.2) is 16.9 Å². The highest BCUT2D eigenvalue weighted by molar-refractivity contribution is 5.99. The standard InChI is InChI=1S/C20H17NO5/c1-3-25-15-9-11(5-6-13(15)22)17-16-18(23)12-8-10(2)4-7-14(12)26-19(16)20(24)21-17/h4-9,17,22H,3H2,1-2H3,(H,21,24). The van der Waals surface area contributed by atoms with Gasteiger partial charge in [0.25, 0.3) is 5.91 Å². The summed E-state index contributed by atoms with van der Waals surface area (Å²) >= 11 is 0. The van der Waals surface area contributed by atoms with Crippen LogP contribution in [0, 0.1) is 6.92 Å². The molecule has 0 fully saturated rings. The summed E-state index contributed by atoms with van der Waals surface area (Å²) in [5, 5.41) is 13.1. The van der Waals surface area contributed by atoms with E-state index >= 15 is 0 Å². The highest BCUT2D eigenvalue weighted by Gasteiger charge is 2.36. The van der Waals surface area contributed by atoms with Gasteiger partial charge in [-0.3, -0.25) is 9.59 Å². The third kappa shape index (κ3) is 2.42. The van der Waals surface area contributed by atoms with Crippen LogP contribution in [0.4, 0.5) is 0 Å². The van der Waals surface area contributed by atoms with Crippen LogP contribution in [0.1, 0.15) is 40.2 Å². The van der Waals surface area contributed by atoms with Crippen LogP contribution in [-0.2, 0) is 0 Å². The molecule has 2 aromatic carbocycles. The van der Waals surface area contributed by atoms with Gasteiger partial charge in [-0.05, 0) is 43.7 Å². The molecular formula is C20H17NO5. The Kier molecular flexibility index (Phi) is 3.68. The summed E-state index contributed by atoms with van der Waals surface area (Å²) in [5.41, 5.74) is 2.00. The molecule has 0 aliphatic carbocycles. The van der Waals surface area contributed by atoms with Crippen LogP contribution in [0.15, 0.2) is 45.6 Å². The summed E-state index contributed by atoms with van der Waals surface area (Å²) < 4.78 is 11.1. The summed E-state index contributed by atoms with van der Waals surface area (Å²) in [6.07, 6.45) is 0. The number of aromatic hydroxyl groups is 1. The molecule has 1 unspecified atom stereocenters. The first kappa shape index (κ1) is 16.2. The van der Waals surface area contributed by atoms with Crippen molar-refractivity contribution in [3.8, 4) is 11.5 Å². The number of amides is 1. The van der Waals surface area contributed by atoms with E-state index in [1.807, 2.05) is 19.9 Å². The zero-order valence-corrected chi connectivity index (χ0v) is 14.3. The molecule has 0 bridgehead atoms. The number of hydrogen-bond acceptors (Lipinski definition) is 5. The zero-order valence-electron chi connectivity index (χ0n) is 14.3. The van der Waals surface area contributed by atoms with E-state index in [4.69, 9.17) is 9.15 Å². The zero-order chi connectivity index (χ0) is 18.4. The second-order valence-electron chi connectivity index (χ2n) is 6.24. The molecule has 1 aliphatic heterocycles. The lowest BCUT2D eigenvalue weighted by molar-refractivity contribution is 0.0938. The van der Waals surface area contributed by atoms with Gasteiger partial charge in [-0.2, -0.15) is 0 Å². The number of rotatable bonds is 3. The molecule has 1 atom stereocenters. The van der Waals surface area contributed by atoms with Crippen molar-refractivity contribution in [2.75, 3.05) is 6.61 Å². The van der Waals surface area contributed by atoms with Crippen molar-refractivity contribution in [1.29, 1.82) is 0 Å². The second kappa shape index (κ2) is 5.91. The van der Waals surface area contributed by atoms with Crippen LogP contribution >= 0.6 is 0 Å². The highest BCUT2D eigenvalue weighted by atomic mass is 16.5. The summed E-state index contributed by atoms with van der Waals surface area (Å²) in [6.45, 7) is 4.08. The van der Waals surface area contributed by atoms with Gasteiger partial charge in [0, 0.05) is 0 Å². The number of carbonyl (C=O) groups excluding carboxylic acids is 1. The molecule has 6 nitrogen and oxygen atoms in total. The predicted octanol–water partition coefficient (Wildman–Crippen LogP) is 3.04. The van der Waals surface area contributed by atoms with E-state index in [0.29, 0.717) is 28.9 Å². The Morgan fingerprint density at radius 1 is 1.19 bits per heavy atom. The van der Waals surface area contributed by atoms with E-state index in [0.717, 1.165) is 5.56 Å². The van der Waals surface area contributed by atoms with Gasteiger partial charge >= 0.3 is 0 Å². The van der Waals surface area contributed by atoms with E-state index in [9.17, 15) is 14.7 Å². The van der Waals surface area contributed by atoms with Crippen LogP contribution in [-0.4, -0.2) is 17.6 Å². The molecule has 2 N–H and O–H groups in total. The lowest BCUT2D eigenvalue weighted by Crippen LogP contribution is -2.22. The number of aryl methyl sites for hydroxylation is 1. The first-order valence-corrected chi connectivity index (χ1v) is 8.33. The molecular weight excluding hydrogens is 334 g/mol. The Labute approximate surface area is 149 Å². The Hall–Kier alpha value is -3.28. The van der Waals surface area contributed by atoms with E-state index in [1.54, 1.807) is 24.3 Å². The minimum Gasteiger partial charge on any atom is -0.504 e. The molecule has 6 heteroatoms. The second-order valence-corrected chi connectivity index (χ2v) is 6.24. The maximum Gasteiger partial charge on any atom is 0.288 e. The van der Waals surface area contributed by atoms with E-state index in [1.165, 1.54) is 6.07 Å². The highest BCUT2D eigenvalue weighted by Crippen LogP contribution is 2.35. The van der Waals surface area contributed by atoms with E-state index in [2.05, 4.69) is 5.32 Å². The van der Waals surface area contributed by atoms with Crippen LogP contribution in [0.25, 0.3) is 11.0 Å². The van der Waals surface area contributed by atoms with Gasteiger partial charge in [-0.15, -0.1) is 0 Å². The number of carbonyl (C=O) groups is 1. The topological polar surface area (TPSA) is 88.8 Å². The Morgan fingerprint density at radius 3 is 2.77 bits per heavy atom. The van der Waals surface area contributed by atoms with Gasteiger partial charge in [0.1, 0.15) is 5.58 Å². The Bertz CT molecular complexity index is 1100. The van der Waals surface area contributed by atoms with Crippen molar-refractivity contribution in [3.63, 3.8) is 0 Å². The predicted molar refractivity (Wildman–Crippen MR) is 95.8 cm³/mol. The molecule has 26 heavy (non-hydrogen) atoms. The fraction of sp³-hybridized carbons (Fsp3) is 0.200. The van der Waals surface area contributed by atoms with Crippen LogP contribution in [0.3, 0.4) is 0 Å². The number of hydrogen-bond donors (Lipinski definition) is 2. The molecule has 1 amide bonds. The van der Waals surface area contributed by atoms with Gasteiger partial charge in [0.2, 0.25) is 5.76 Å². The molecule has 0 radical (unpaired) electrons. The fourth-order valence-electron chi connectivity index (χ4n) is 3.25. The van der Waals surface area contributed by atoms with E-state index in [-0.39, 0.29) is 22.5 Å². The van der Waals surface area contributed by atoms with Crippen molar-refractivity contribution in [3.05, 3.63) is 69.1 Å². The molecule has 2 heterocycles. The fourth-order valence-corrected chi connectivity index (χ4v) is 3.25. The van der Waals surface area contributed by atoms with Crippen LogP contribution < -0.4 is 15.5 Å². The first-order valence-electron chi connectivity index (χ1n) is 8.33. The van der Waals surface area contributed by atoms with Gasteiger partial charge < -0.3 is 19.6 Å². The number of phenolic OH excluding ortho intramolecular Hbond substituents is 1. The summed E-state index contributed by atoms with van der Waals surface area (Å²) in [6, 6.07) is 9.38. The molecule has 1 aromatic heterocycles. The third-order valence-electron chi connectivity index (χ3n) is 4.47. The largest absolute Gasteiger partial charge is 0.504 e. The summed E-state index contributed by atoms with van der Waals surface area (Å²) in [4.78, 5) is 25.4. The maximum atomic E-state index is 13.0. The number of phenols is 1. The SMILES string of the molecule is CCOc1cc(C2NC(=O)c3oc4ccc(C)cc4c(=O)c32)ccc1O. The average molecular weight is 351 g/mol. The molecule has 4 rings (SSSR count). The monoisotopic (exact) mass is 351 g/mol. The number of benzene rings is 2.